The second-order valence-corrected chi connectivity index (χ2v) is 6.74. The lowest BCUT2D eigenvalue weighted by atomic mass is 10.1. The Balaban J connectivity index is 2.49. The van der Waals surface area contributed by atoms with E-state index in [0.717, 1.165) is 13.1 Å². The zero-order chi connectivity index (χ0) is 16.0. The van der Waals surface area contributed by atoms with Crippen LogP contribution in [0.4, 0.5) is 4.79 Å². The number of carbonyl (C=O) groups is 2. The number of rotatable bonds is 6. The van der Waals surface area contributed by atoms with Gasteiger partial charge in [-0.2, -0.15) is 0 Å². The molecule has 0 aromatic heterocycles. The summed E-state index contributed by atoms with van der Waals surface area (Å²) in [5, 5.41) is 11.7. The number of nitrogens with one attached hydrogen (secondary N) is 1. The number of nitrogens with zero attached hydrogens (tertiary/aromatic N) is 2. The summed E-state index contributed by atoms with van der Waals surface area (Å²) in [6.07, 6.45) is 2.42. The lowest BCUT2D eigenvalue weighted by Gasteiger charge is -2.36. The Hall–Kier alpha value is -1.30. The highest BCUT2D eigenvalue weighted by atomic mass is 16.4. The topological polar surface area (TPSA) is 72.9 Å². The summed E-state index contributed by atoms with van der Waals surface area (Å²) < 4.78 is 0. The van der Waals surface area contributed by atoms with E-state index in [1.165, 1.54) is 12.8 Å². The number of hydrogen-bond acceptors (Lipinski definition) is 3. The third kappa shape index (κ3) is 5.91. The maximum Gasteiger partial charge on any atom is 0.317 e. The van der Waals surface area contributed by atoms with Gasteiger partial charge in [0.15, 0.2) is 0 Å². The fourth-order valence-electron chi connectivity index (χ4n) is 2.59. The van der Waals surface area contributed by atoms with Gasteiger partial charge in [0.2, 0.25) is 0 Å². The Morgan fingerprint density at radius 3 is 2.33 bits per heavy atom. The highest BCUT2D eigenvalue weighted by Crippen LogP contribution is 2.15. The van der Waals surface area contributed by atoms with E-state index in [2.05, 4.69) is 17.1 Å². The summed E-state index contributed by atoms with van der Waals surface area (Å²) in [6, 6.07) is 0.132. The minimum atomic E-state index is -0.887. The van der Waals surface area contributed by atoms with Crippen molar-refractivity contribution in [2.24, 2.45) is 0 Å². The standard InChI is InChI=1S/C15H29N3O3/c1-12(17-8-5-6-9-17)11-16-14(21)18(15(2,3)4)10-7-13(19)20/h12H,5-11H2,1-4H3,(H,16,21)(H,19,20). The molecule has 1 rings (SSSR count). The number of aliphatic carboxylic acids is 1. The van der Waals surface area contributed by atoms with Crippen LogP contribution < -0.4 is 5.32 Å². The van der Waals surface area contributed by atoms with Crippen molar-refractivity contribution in [1.29, 1.82) is 0 Å². The van der Waals surface area contributed by atoms with Gasteiger partial charge in [-0.1, -0.05) is 0 Å². The summed E-state index contributed by atoms with van der Waals surface area (Å²) in [5.41, 5.74) is -0.392. The Labute approximate surface area is 127 Å². The summed E-state index contributed by atoms with van der Waals surface area (Å²) in [6.45, 7) is 10.9. The van der Waals surface area contributed by atoms with Gasteiger partial charge >= 0.3 is 12.0 Å². The van der Waals surface area contributed by atoms with Crippen LogP contribution in [0, 0.1) is 0 Å². The van der Waals surface area contributed by atoms with Gasteiger partial charge in [-0.25, -0.2) is 4.79 Å². The van der Waals surface area contributed by atoms with E-state index in [4.69, 9.17) is 5.11 Å². The van der Waals surface area contributed by atoms with Gasteiger partial charge in [-0.15, -0.1) is 0 Å². The van der Waals surface area contributed by atoms with Gasteiger partial charge in [0.25, 0.3) is 0 Å². The highest BCUT2D eigenvalue weighted by Gasteiger charge is 2.27. The average Bonchev–Trinajstić information content (AvgIpc) is 2.87. The molecule has 1 heterocycles. The number of urea groups is 1. The number of likely N-dealkylation sites (tertiary alicyclic amines) is 1. The quantitative estimate of drug-likeness (QED) is 0.784. The molecule has 0 saturated carbocycles. The number of hydrogen-bond donors (Lipinski definition) is 2. The van der Waals surface area contributed by atoms with Gasteiger partial charge in [0.05, 0.1) is 6.42 Å². The lowest BCUT2D eigenvalue weighted by molar-refractivity contribution is -0.137. The molecule has 1 unspecified atom stereocenters. The van der Waals surface area contributed by atoms with Crippen molar-refractivity contribution in [3.05, 3.63) is 0 Å². The second kappa shape index (κ2) is 7.64. The Morgan fingerprint density at radius 2 is 1.86 bits per heavy atom. The normalized spacial score (nSPS) is 17.5. The molecule has 0 aromatic carbocycles. The molecule has 0 aliphatic carbocycles. The SMILES string of the molecule is CC(CNC(=O)N(CCC(=O)O)C(C)(C)C)N1CCCC1. The number of amides is 2. The molecule has 0 aromatic rings. The van der Waals surface area contributed by atoms with Crippen LogP contribution in [0.15, 0.2) is 0 Å². The summed E-state index contributed by atoms with van der Waals surface area (Å²) in [4.78, 5) is 27.0. The maximum absolute atomic E-state index is 12.3. The summed E-state index contributed by atoms with van der Waals surface area (Å²) >= 11 is 0. The van der Waals surface area contributed by atoms with E-state index in [1.807, 2.05) is 20.8 Å². The molecule has 122 valence electrons. The molecule has 2 N–H and O–H groups in total. The summed E-state index contributed by atoms with van der Waals surface area (Å²) in [5.74, 6) is -0.887. The number of carboxylic acid groups (broad SMARTS) is 1. The van der Waals surface area contributed by atoms with E-state index in [9.17, 15) is 9.59 Å². The Morgan fingerprint density at radius 1 is 1.29 bits per heavy atom. The van der Waals surface area contributed by atoms with Crippen molar-refractivity contribution in [1.82, 2.24) is 15.1 Å². The molecule has 1 aliphatic rings. The molecule has 2 amide bonds. The van der Waals surface area contributed by atoms with E-state index >= 15 is 0 Å². The van der Waals surface area contributed by atoms with Crippen LogP contribution in [0.3, 0.4) is 0 Å². The molecule has 0 bridgehead atoms. The molecule has 0 radical (unpaired) electrons. The van der Waals surface area contributed by atoms with Crippen molar-refractivity contribution in [2.45, 2.75) is 58.5 Å². The van der Waals surface area contributed by atoms with Crippen LogP contribution in [0.5, 0.6) is 0 Å². The number of carbonyl (C=O) groups excluding carboxylic acids is 1. The first-order valence-electron chi connectivity index (χ1n) is 7.73. The molecule has 1 atom stereocenters. The molecule has 6 heteroatoms. The van der Waals surface area contributed by atoms with Crippen molar-refractivity contribution < 1.29 is 14.7 Å². The van der Waals surface area contributed by atoms with Gasteiger partial charge in [-0.05, 0) is 53.6 Å². The van der Waals surface area contributed by atoms with Gasteiger partial charge in [0, 0.05) is 24.7 Å². The van der Waals surface area contributed by atoms with Crippen LogP contribution in [-0.4, -0.2) is 64.7 Å². The van der Waals surface area contributed by atoms with E-state index in [1.54, 1.807) is 4.90 Å². The fraction of sp³-hybridized carbons (Fsp3) is 0.867. The fourth-order valence-corrected chi connectivity index (χ4v) is 2.59. The van der Waals surface area contributed by atoms with Gasteiger partial charge in [0.1, 0.15) is 0 Å². The van der Waals surface area contributed by atoms with Crippen LogP contribution in [0.1, 0.15) is 47.0 Å². The second-order valence-electron chi connectivity index (χ2n) is 6.74. The molecule has 0 spiro atoms. The molecular formula is C15H29N3O3. The summed E-state index contributed by atoms with van der Waals surface area (Å²) in [7, 11) is 0. The van der Waals surface area contributed by atoms with E-state index in [-0.39, 0.29) is 19.0 Å². The minimum absolute atomic E-state index is 0.0353. The predicted molar refractivity (Wildman–Crippen MR) is 82.4 cm³/mol. The van der Waals surface area contributed by atoms with Crippen LogP contribution in [0.2, 0.25) is 0 Å². The smallest absolute Gasteiger partial charge is 0.317 e. The highest BCUT2D eigenvalue weighted by molar-refractivity contribution is 5.76. The first kappa shape index (κ1) is 17.8. The molecule has 21 heavy (non-hydrogen) atoms. The van der Waals surface area contributed by atoms with Crippen molar-refractivity contribution >= 4 is 12.0 Å². The van der Waals surface area contributed by atoms with Crippen LogP contribution in [0.25, 0.3) is 0 Å². The third-order valence-corrected chi connectivity index (χ3v) is 3.92. The average molecular weight is 299 g/mol. The first-order chi connectivity index (χ1) is 9.71. The van der Waals surface area contributed by atoms with Gasteiger partial charge in [-0.3, -0.25) is 9.69 Å². The first-order valence-corrected chi connectivity index (χ1v) is 7.73. The Kier molecular flexibility index (Phi) is 6.45. The zero-order valence-electron chi connectivity index (χ0n) is 13.7. The predicted octanol–water partition coefficient (Wildman–Crippen LogP) is 1.76. The molecule has 1 aliphatic heterocycles. The zero-order valence-corrected chi connectivity index (χ0v) is 13.7. The van der Waals surface area contributed by atoms with Crippen LogP contribution >= 0.6 is 0 Å². The van der Waals surface area contributed by atoms with Crippen molar-refractivity contribution in [2.75, 3.05) is 26.2 Å². The molecule has 1 fully saturated rings. The third-order valence-electron chi connectivity index (χ3n) is 3.92. The largest absolute Gasteiger partial charge is 0.481 e. The van der Waals surface area contributed by atoms with E-state index < -0.39 is 11.5 Å². The van der Waals surface area contributed by atoms with Crippen molar-refractivity contribution in [3.63, 3.8) is 0 Å². The monoisotopic (exact) mass is 299 g/mol. The van der Waals surface area contributed by atoms with Crippen molar-refractivity contribution in [3.8, 4) is 0 Å². The molecule has 6 nitrogen and oxygen atoms in total. The molecule has 1 saturated heterocycles. The van der Waals surface area contributed by atoms with E-state index in [0.29, 0.717) is 12.6 Å². The van der Waals surface area contributed by atoms with Gasteiger partial charge < -0.3 is 15.3 Å². The molecular weight excluding hydrogens is 270 g/mol. The minimum Gasteiger partial charge on any atom is -0.481 e. The van der Waals surface area contributed by atoms with Crippen LogP contribution in [-0.2, 0) is 4.79 Å². The lowest BCUT2D eigenvalue weighted by Crippen LogP contribution is -2.53. The number of carboxylic acids is 1. The Bertz CT molecular complexity index is 360. The maximum atomic E-state index is 12.3.